The molecule has 30 heavy (non-hydrogen) atoms. The number of ether oxygens (including phenoxy) is 3. The number of anilines is 1. The van der Waals surface area contributed by atoms with Crippen LogP contribution in [-0.2, 0) is 4.74 Å². The minimum absolute atomic E-state index is 0.0199. The lowest BCUT2D eigenvalue weighted by Crippen LogP contribution is -2.49. The number of piperidine rings is 1. The molecule has 2 N–H and O–H groups in total. The van der Waals surface area contributed by atoms with Crippen molar-refractivity contribution in [3.63, 3.8) is 0 Å². The van der Waals surface area contributed by atoms with Crippen LogP contribution in [0.4, 0.5) is 10.5 Å². The monoisotopic (exact) mass is 436 g/mol. The van der Waals surface area contributed by atoms with E-state index < -0.39 is 5.60 Å². The van der Waals surface area contributed by atoms with E-state index >= 15 is 0 Å². The second-order valence-corrected chi connectivity index (χ2v) is 8.27. The van der Waals surface area contributed by atoms with Crippen molar-refractivity contribution in [1.29, 1.82) is 5.41 Å². The first-order valence-electron chi connectivity index (χ1n) is 9.89. The van der Waals surface area contributed by atoms with E-state index in [1.807, 2.05) is 20.8 Å². The molecule has 1 aliphatic rings. The van der Waals surface area contributed by atoms with Gasteiger partial charge < -0.3 is 29.3 Å². The predicted molar refractivity (Wildman–Crippen MR) is 122 cm³/mol. The van der Waals surface area contributed by atoms with E-state index in [-0.39, 0.29) is 18.0 Å². The van der Waals surface area contributed by atoms with E-state index in [4.69, 9.17) is 31.8 Å². The molecule has 0 spiro atoms. The molecule has 0 saturated carbocycles. The number of likely N-dealkylation sites (tertiary alicyclic amines) is 1. The first-order chi connectivity index (χ1) is 14.1. The van der Waals surface area contributed by atoms with Crippen LogP contribution in [0.1, 0.15) is 39.2 Å². The number of methoxy groups -OCH3 is 2. The minimum atomic E-state index is -0.520. The lowest BCUT2D eigenvalue weighted by atomic mass is 10.0. The van der Waals surface area contributed by atoms with Crippen LogP contribution in [0.3, 0.4) is 0 Å². The van der Waals surface area contributed by atoms with Crippen molar-refractivity contribution in [2.45, 2.75) is 45.3 Å². The molecule has 0 unspecified atom stereocenters. The molecule has 166 valence electrons. The van der Waals surface area contributed by atoms with Gasteiger partial charge in [0, 0.05) is 43.5 Å². The molecule has 9 heteroatoms. The molecule has 1 aromatic rings. The summed E-state index contributed by atoms with van der Waals surface area (Å²) in [7, 11) is 4.93. The van der Waals surface area contributed by atoms with E-state index in [0.717, 1.165) is 5.69 Å². The summed E-state index contributed by atoms with van der Waals surface area (Å²) in [6.45, 7) is 6.68. The van der Waals surface area contributed by atoms with Gasteiger partial charge in [0.25, 0.3) is 0 Å². The Morgan fingerprint density at radius 1 is 1.23 bits per heavy atom. The largest absolute Gasteiger partial charge is 0.493 e. The predicted octanol–water partition coefficient (Wildman–Crippen LogP) is 3.73. The number of hydrogen-bond donors (Lipinski definition) is 2. The summed E-state index contributed by atoms with van der Waals surface area (Å²) in [5.74, 6) is 1.39. The highest BCUT2D eigenvalue weighted by Gasteiger charge is 2.31. The molecule has 0 radical (unpaired) electrons. The van der Waals surface area contributed by atoms with Crippen molar-refractivity contribution in [2.24, 2.45) is 0 Å². The molecule has 0 aromatic heterocycles. The Kier molecular flexibility index (Phi) is 7.89. The van der Waals surface area contributed by atoms with Gasteiger partial charge in [-0.1, -0.05) is 12.2 Å². The van der Waals surface area contributed by atoms with Gasteiger partial charge in [-0.2, -0.15) is 0 Å². The smallest absolute Gasteiger partial charge is 0.410 e. The number of carbonyl (C=O) groups excluding carboxylic acids is 1. The number of carbonyl (C=O) groups is 1. The van der Waals surface area contributed by atoms with Crippen molar-refractivity contribution in [3.8, 4) is 11.5 Å². The number of nitrogens with zero attached hydrogens (tertiary/aromatic N) is 2. The van der Waals surface area contributed by atoms with Crippen molar-refractivity contribution in [1.82, 2.24) is 9.80 Å². The highest BCUT2D eigenvalue weighted by atomic mass is 32.1. The molecule has 0 aliphatic carbocycles. The number of amides is 1. The third kappa shape index (κ3) is 5.53. The Morgan fingerprint density at radius 2 is 1.80 bits per heavy atom. The van der Waals surface area contributed by atoms with E-state index in [9.17, 15) is 4.79 Å². The molecule has 1 aromatic carbocycles. The van der Waals surface area contributed by atoms with Crippen molar-refractivity contribution in [3.05, 3.63) is 17.7 Å². The van der Waals surface area contributed by atoms with Crippen molar-refractivity contribution in [2.75, 3.05) is 39.7 Å². The molecule has 1 saturated heterocycles. The first kappa shape index (κ1) is 23.7. The zero-order valence-corrected chi connectivity index (χ0v) is 19.4. The van der Waals surface area contributed by atoms with Crippen LogP contribution in [0, 0.1) is 5.41 Å². The topological polar surface area (TPSA) is 87.1 Å². The fourth-order valence-electron chi connectivity index (χ4n) is 3.40. The van der Waals surface area contributed by atoms with E-state index in [1.165, 1.54) is 5.49 Å². The third-order valence-corrected chi connectivity index (χ3v) is 5.16. The zero-order valence-electron chi connectivity index (χ0n) is 18.6. The molecular weight excluding hydrogens is 404 g/mol. The molecule has 1 fully saturated rings. The average molecular weight is 437 g/mol. The van der Waals surface area contributed by atoms with Crippen LogP contribution in [-0.4, -0.2) is 73.2 Å². The summed E-state index contributed by atoms with van der Waals surface area (Å²) in [4.78, 5) is 15.8. The maximum absolute atomic E-state index is 12.3. The highest BCUT2D eigenvalue weighted by Crippen LogP contribution is 2.34. The normalized spacial score (nSPS) is 14.7. The molecule has 2 rings (SSSR count). The Hall–Kier alpha value is -2.55. The maximum Gasteiger partial charge on any atom is 0.410 e. The molecule has 0 bridgehead atoms. The highest BCUT2D eigenvalue weighted by molar-refractivity contribution is 7.78. The molecule has 0 atom stereocenters. The SMILES string of the molecule is CNc1cc(OC)c(OC)cc1C(=N)N(C=S)C1CCN(C(=O)OC(C)(C)C)CC1. The zero-order chi connectivity index (χ0) is 22.5. The standard InChI is InChI=1S/C21H32N4O4S/c1-21(2,3)29-20(26)24-9-7-14(8-10-24)25(13-30)19(22)15-11-17(27-5)18(28-6)12-16(15)23-4/h11-14,22-23H,7-10H2,1-6H3. The summed E-state index contributed by atoms with van der Waals surface area (Å²) in [5.41, 5.74) is 2.39. The minimum Gasteiger partial charge on any atom is -0.493 e. The van der Waals surface area contributed by atoms with Crippen LogP contribution in [0.25, 0.3) is 0 Å². The Morgan fingerprint density at radius 3 is 2.27 bits per heavy atom. The van der Waals surface area contributed by atoms with Gasteiger partial charge >= 0.3 is 6.09 Å². The van der Waals surface area contributed by atoms with Gasteiger partial charge in [0.1, 0.15) is 11.4 Å². The van der Waals surface area contributed by atoms with Crippen molar-refractivity contribution >= 4 is 35.3 Å². The molecule has 1 amide bonds. The van der Waals surface area contributed by atoms with E-state index in [0.29, 0.717) is 43.0 Å². The fourth-order valence-corrected chi connectivity index (χ4v) is 3.67. The second-order valence-electron chi connectivity index (χ2n) is 8.06. The third-order valence-electron chi connectivity index (χ3n) is 4.93. The number of nitrogens with one attached hydrogen (secondary N) is 2. The summed E-state index contributed by atoms with van der Waals surface area (Å²) in [6, 6.07) is 3.59. The van der Waals surface area contributed by atoms with Crippen LogP contribution >= 0.6 is 12.2 Å². The van der Waals surface area contributed by atoms with Gasteiger partial charge in [-0.3, -0.25) is 5.41 Å². The number of rotatable bonds is 6. The summed E-state index contributed by atoms with van der Waals surface area (Å²) in [6.07, 6.45) is 1.08. The molecule has 8 nitrogen and oxygen atoms in total. The number of amidine groups is 1. The van der Waals surface area contributed by atoms with Crippen LogP contribution < -0.4 is 14.8 Å². The molecule has 1 heterocycles. The van der Waals surface area contributed by atoms with Gasteiger partial charge in [0.15, 0.2) is 11.5 Å². The lowest BCUT2D eigenvalue weighted by Gasteiger charge is -2.38. The van der Waals surface area contributed by atoms with Crippen LogP contribution in [0.5, 0.6) is 11.5 Å². The van der Waals surface area contributed by atoms with Gasteiger partial charge in [0.05, 0.1) is 19.7 Å². The average Bonchev–Trinajstić information content (AvgIpc) is 2.72. The quantitative estimate of drug-likeness (QED) is 0.399. The lowest BCUT2D eigenvalue weighted by molar-refractivity contribution is 0.0188. The summed E-state index contributed by atoms with van der Waals surface area (Å²) < 4.78 is 16.2. The molecule has 1 aliphatic heterocycles. The van der Waals surface area contributed by atoms with E-state index in [2.05, 4.69) is 5.32 Å². The second kappa shape index (κ2) is 9.97. The number of hydrogen-bond acceptors (Lipinski definition) is 7. The Bertz CT molecular complexity index is 786. The molecular formula is C21H32N4O4S. The Balaban J connectivity index is 2.16. The number of benzene rings is 1. The first-order valence-corrected chi connectivity index (χ1v) is 10.4. The Labute approximate surface area is 184 Å². The van der Waals surface area contributed by atoms with Gasteiger partial charge in [-0.15, -0.1) is 0 Å². The van der Waals surface area contributed by atoms with Gasteiger partial charge in [-0.05, 0) is 39.7 Å². The fraction of sp³-hybridized carbons (Fsp3) is 0.571. The van der Waals surface area contributed by atoms with Crippen LogP contribution in [0.2, 0.25) is 0 Å². The van der Waals surface area contributed by atoms with Crippen molar-refractivity contribution < 1.29 is 19.0 Å². The van der Waals surface area contributed by atoms with E-state index in [1.54, 1.807) is 43.2 Å². The van der Waals surface area contributed by atoms with Gasteiger partial charge in [-0.25, -0.2) is 4.79 Å². The van der Waals surface area contributed by atoms with Crippen LogP contribution in [0.15, 0.2) is 12.1 Å². The maximum atomic E-state index is 12.3. The summed E-state index contributed by atoms with van der Waals surface area (Å²) in [5, 5.41) is 11.9. The van der Waals surface area contributed by atoms with Gasteiger partial charge in [0.2, 0.25) is 0 Å². The summed E-state index contributed by atoms with van der Waals surface area (Å²) >= 11 is 5.25. The number of thiocarbonyl (C=S) groups is 1.